The maximum Gasteiger partial charge on any atom is 0.0200 e. The summed E-state index contributed by atoms with van der Waals surface area (Å²) in [6.45, 7) is 11.3. The first-order valence-corrected chi connectivity index (χ1v) is 6.74. The van der Waals surface area contributed by atoms with Crippen molar-refractivity contribution in [1.82, 2.24) is 0 Å². The Labute approximate surface area is 96.8 Å². The maximum absolute atomic E-state index is 6.50. The van der Waals surface area contributed by atoms with E-state index in [0.717, 1.165) is 0 Å². The molecular weight excluding hydrogens is 182 g/mol. The lowest BCUT2D eigenvalue weighted by Crippen LogP contribution is -2.49. The summed E-state index contributed by atoms with van der Waals surface area (Å²) < 4.78 is 0. The Balaban J connectivity index is 3.88. The van der Waals surface area contributed by atoms with E-state index in [2.05, 4.69) is 34.6 Å². The van der Waals surface area contributed by atoms with Crippen LogP contribution in [0.15, 0.2) is 0 Å². The molecule has 0 aliphatic carbocycles. The van der Waals surface area contributed by atoms with Crippen LogP contribution in [-0.4, -0.2) is 5.54 Å². The van der Waals surface area contributed by atoms with Crippen LogP contribution in [0.2, 0.25) is 0 Å². The third kappa shape index (κ3) is 5.01. The van der Waals surface area contributed by atoms with Crippen molar-refractivity contribution in [3.05, 3.63) is 0 Å². The predicted octanol–water partition coefficient (Wildman–Crippen LogP) is 4.36. The molecule has 0 saturated heterocycles. The molecule has 1 heteroatoms. The van der Waals surface area contributed by atoms with Crippen molar-refractivity contribution in [1.29, 1.82) is 0 Å². The van der Waals surface area contributed by atoms with Gasteiger partial charge in [-0.15, -0.1) is 0 Å². The van der Waals surface area contributed by atoms with Gasteiger partial charge in [0.05, 0.1) is 0 Å². The number of rotatable bonds is 8. The highest BCUT2D eigenvalue weighted by molar-refractivity contribution is 4.90. The molecule has 1 nitrogen and oxygen atoms in total. The van der Waals surface area contributed by atoms with E-state index in [4.69, 9.17) is 5.73 Å². The summed E-state index contributed by atoms with van der Waals surface area (Å²) in [5.74, 6) is 1.17. The zero-order valence-electron chi connectivity index (χ0n) is 11.5. The Kier molecular flexibility index (Phi) is 7.25. The lowest BCUT2D eigenvalue weighted by atomic mass is 9.74. The molecule has 0 fully saturated rings. The van der Waals surface area contributed by atoms with Crippen LogP contribution in [0.5, 0.6) is 0 Å². The fourth-order valence-corrected chi connectivity index (χ4v) is 2.28. The molecule has 0 aromatic carbocycles. The fourth-order valence-electron chi connectivity index (χ4n) is 2.28. The van der Waals surface area contributed by atoms with Crippen molar-refractivity contribution in [2.75, 3.05) is 0 Å². The average Bonchev–Trinajstić information content (AvgIpc) is 2.16. The van der Waals surface area contributed by atoms with Crippen molar-refractivity contribution in [2.24, 2.45) is 17.6 Å². The fraction of sp³-hybridized carbons (Fsp3) is 1.00. The van der Waals surface area contributed by atoms with E-state index < -0.39 is 0 Å². The molecule has 0 aliphatic heterocycles. The van der Waals surface area contributed by atoms with Gasteiger partial charge in [0.25, 0.3) is 0 Å². The van der Waals surface area contributed by atoms with Crippen LogP contribution in [-0.2, 0) is 0 Å². The molecule has 0 rings (SSSR count). The van der Waals surface area contributed by atoms with Gasteiger partial charge in [-0.05, 0) is 18.3 Å². The molecule has 0 unspecified atom stereocenters. The third-order valence-electron chi connectivity index (χ3n) is 3.86. The molecule has 0 aliphatic rings. The smallest absolute Gasteiger partial charge is 0.0200 e. The van der Waals surface area contributed by atoms with Crippen LogP contribution >= 0.6 is 0 Å². The van der Waals surface area contributed by atoms with Gasteiger partial charge >= 0.3 is 0 Å². The number of unbranched alkanes of at least 4 members (excludes halogenated alkanes) is 4. The van der Waals surface area contributed by atoms with Gasteiger partial charge in [-0.25, -0.2) is 0 Å². The molecule has 15 heavy (non-hydrogen) atoms. The minimum atomic E-state index is 0.0478. The number of hydrogen-bond acceptors (Lipinski definition) is 1. The molecule has 0 bridgehead atoms. The Hall–Kier alpha value is -0.0400. The lowest BCUT2D eigenvalue weighted by molar-refractivity contribution is 0.201. The van der Waals surface area contributed by atoms with Gasteiger partial charge in [-0.1, -0.05) is 66.7 Å². The van der Waals surface area contributed by atoms with E-state index >= 15 is 0 Å². The van der Waals surface area contributed by atoms with Crippen LogP contribution in [0.1, 0.15) is 73.1 Å². The van der Waals surface area contributed by atoms with E-state index in [1.165, 1.54) is 38.5 Å². The number of hydrogen-bond donors (Lipinski definition) is 1. The van der Waals surface area contributed by atoms with Gasteiger partial charge in [-0.2, -0.15) is 0 Å². The molecular formula is C14H31N. The van der Waals surface area contributed by atoms with Gasteiger partial charge in [0.2, 0.25) is 0 Å². The Bertz CT molecular complexity index is 141. The Morgan fingerprint density at radius 3 is 1.73 bits per heavy atom. The van der Waals surface area contributed by atoms with Crippen LogP contribution < -0.4 is 5.73 Å². The van der Waals surface area contributed by atoms with Crippen LogP contribution in [0.4, 0.5) is 0 Å². The Morgan fingerprint density at radius 2 is 1.33 bits per heavy atom. The van der Waals surface area contributed by atoms with E-state index in [-0.39, 0.29) is 5.54 Å². The van der Waals surface area contributed by atoms with Crippen LogP contribution in [0.3, 0.4) is 0 Å². The van der Waals surface area contributed by atoms with Gasteiger partial charge < -0.3 is 5.73 Å². The molecule has 0 spiro atoms. The first kappa shape index (κ1) is 15.0. The molecule has 0 saturated carbocycles. The van der Waals surface area contributed by atoms with Gasteiger partial charge in [-0.3, -0.25) is 0 Å². The molecule has 0 atom stereocenters. The SMILES string of the molecule is CCCCCCCC(N)(C(C)C)C(C)C. The van der Waals surface area contributed by atoms with Crippen LogP contribution in [0, 0.1) is 11.8 Å². The van der Waals surface area contributed by atoms with Gasteiger partial charge in [0.1, 0.15) is 0 Å². The lowest BCUT2D eigenvalue weighted by Gasteiger charge is -2.38. The molecule has 0 radical (unpaired) electrons. The molecule has 0 heterocycles. The topological polar surface area (TPSA) is 26.0 Å². The second kappa shape index (κ2) is 7.27. The van der Waals surface area contributed by atoms with Crippen LogP contribution in [0.25, 0.3) is 0 Å². The standard InChI is InChI=1S/C14H31N/c1-6-7-8-9-10-11-14(15,12(2)3)13(4)5/h12-13H,6-11,15H2,1-5H3. The molecule has 0 amide bonds. The van der Waals surface area contributed by atoms with Crippen molar-refractivity contribution in [2.45, 2.75) is 78.7 Å². The quantitative estimate of drug-likeness (QED) is 0.596. The van der Waals surface area contributed by atoms with Crippen molar-refractivity contribution >= 4 is 0 Å². The molecule has 92 valence electrons. The summed E-state index contributed by atoms with van der Waals surface area (Å²) in [6, 6.07) is 0. The normalized spacial score (nSPS) is 12.8. The summed E-state index contributed by atoms with van der Waals surface area (Å²) in [6.07, 6.45) is 7.91. The maximum atomic E-state index is 6.50. The van der Waals surface area contributed by atoms with E-state index in [1.807, 2.05) is 0 Å². The molecule has 2 N–H and O–H groups in total. The zero-order valence-corrected chi connectivity index (χ0v) is 11.5. The average molecular weight is 213 g/mol. The summed E-state index contributed by atoms with van der Waals surface area (Å²) in [7, 11) is 0. The summed E-state index contributed by atoms with van der Waals surface area (Å²) >= 11 is 0. The summed E-state index contributed by atoms with van der Waals surface area (Å²) in [5, 5.41) is 0. The first-order valence-electron chi connectivity index (χ1n) is 6.74. The first-order chi connectivity index (χ1) is 6.95. The summed E-state index contributed by atoms with van der Waals surface area (Å²) in [4.78, 5) is 0. The molecule has 0 aromatic rings. The second-order valence-corrected chi connectivity index (χ2v) is 5.59. The van der Waals surface area contributed by atoms with Crippen molar-refractivity contribution in [3.63, 3.8) is 0 Å². The van der Waals surface area contributed by atoms with Gasteiger partial charge in [0.15, 0.2) is 0 Å². The zero-order chi connectivity index (χ0) is 11.9. The van der Waals surface area contributed by atoms with Crippen molar-refractivity contribution in [3.8, 4) is 0 Å². The highest BCUT2D eigenvalue weighted by Crippen LogP contribution is 2.29. The largest absolute Gasteiger partial charge is 0.325 e. The summed E-state index contributed by atoms with van der Waals surface area (Å²) in [5.41, 5.74) is 6.55. The highest BCUT2D eigenvalue weighted by Gasteiger charge is 2.31. The van der Waals surface area contributed by atoms with E-state index in [0.29, 0.717) is 11.8 Å². The second-order valence-electron chi connectivity index (χ2n) is 5.59. The minimum absolute atomic E-state index is 0.0478. The van der Waals surface area contributed by atoms with Gasteiger partial charge in [0, 0.05) is 5.54 Å². The predicted molar refractivity (Wildman–Crippen MR) is 70.0 cm³/mol. The Morgan fingerprint density at radius 1 is 0.867 bits per heavy atom. The monoisotopic (exact) mass is 213 g/mol. The minimum Gasteiger partial charge on any atom is -0.325 e. The molecule has 0 aromatic heterocycles. The van der Waals surface area contributed by atoms with E-state index in [1.54, 1.807) is 0 Å². The third-order valence-corrected chi connectivity index (χ3v) is 3.86. The van der Waals surface area contributed by atoms with Crippen molar-refractivity contribution < 1.29 is 0 Å². The number of nitrogens with two attached hydrogens (primary N) is 1. The van der Waals surface area contributed by atoms with E-state index in [9.17, 15) is 0 Å². The highest BCUT2D eigenvalue weighted by atomic mass is 14.8.